The summed E-state index contributed by atoms with van der Waals surface area (Å²) in [6, 6.07) is 0.401. The average molecular weight is 524 g/mol. The third kappa shape index (κ3) is 7.42. The van der Waals surface area contributed by atoms with Crippen LogP contribution in [0.25, 0.3) is 0 Å². The van der Waals surface area contributed by atoms with Crippen LogP contribution >= 0.6 is 11.6 Å². The van der Waals surface area contributed by atoms with E-state index in [2.05, 4.69) is 27.1 Å². The molecule has 3 fully saturated rings. The van der Waals surface area contributed by atoms with Crippen molar-refractivity contribution in [1.29, 1.82) is 0 Å². The molecule has 0 aliphatic heterocycles. The SMILES string of the molecule is COC1CCC(CN(CC2C(OC)CC(C)CC2OC)c2nc(Cl)nc(NC3CCCCC3)n2)CC1. The standard InChI is InChI=1S/C27H46ClN5O3/c1-18-14-23(35-3)22(24(15-18)36-4)17-33(16-19-10-12-21(34-2)13-11-19)27-31-25(28)30-26(32-27)29-20-8-6-5-7-9-20/h18-24H,5-17H2,1-4H3,(H,29,30,31,32). The second kappa shape index (κ2) is 13.5. The smallest absolute Gasteiger partial charge is 0.231 e. The zero-order chi connectivity index (χ0) is 25.5. The lowest BCUT2D eigenvalue weighted by Gasteiger charge is -2.42. The minimum absolute atomic E-state index is 0.141. The fourth-order valence-corrected chi connectivity index (χ4v) is 6.74. The third-order valence-corrected chi connectivity index (χ3v) is 8.85. The Morgan fingerprint density at radius 1 is 0.833 bits per heavy atom. The van der Waals surface area contributed by atoms with Crippen molar-refractivity contribution in [2.45, 2.75) is 102 Å². The third-order valence-electron chi connectivity index (χ3n) is 8.68. The van der Waals surface area contributed by atoms with Crippen molar-refractivity contribution in [2.75, 3.05) is 44.6 Å². The van der Waals surface area contributed by atoms with E-state index < -0.39 is 0 Å². The first-order valence-electron chi connectivity index (χ1n) is 14.0. The molecule has 2 unspecified atom stereocenters. The quantitative estimate of drug-likeness (QED) is 0.439. The Kier molecular flexibility index (Phi) is 10.5. The summed E-state index contributed by atoms with van der Waals surface area (Å²) in [5.41, 5.74) is 0. The monoisotopic (exact) mass is 523 g/mol. The zero-order valence-corrected chi connectivity index (χ0v) is 23.4. The molecule has 9 heteroatoms. The second-order valence-corrected chi connectivity index (χ2v) is 11.6. The van der Waals surface area contributed by atoms with E-state index in [1.54, 1.807) is 0 Å². The molecule has 0 radical (unpaired) electrons. The molecule has 0 aromatic carbocycles. The molecule has 3 aliphatic rings. The van der Waals surface area contributed by atoms with Gasteiger partial charge in [-0.25, -0.2) is 0 Å². The lowest BCUT2D eigenvalue weighted by molar-refractivity contribution is -0.0752. The normalized spacial score (nSPS) is 31.8. The molecule has 8 nitrogen and oxygen atoms in total. The van der Waals surface area contributed by atoms with Crippen LogP contribution in [-0.4, -0.2) is 73.7 Å². The summed E-state index contributed by atoms with van der Waals surface area (Å²) in [6.45, 7) is 3.95. The van der Waals surface area contributed by atoms with Gasteiger partial charge < -0.3 is 24.4 Å². The molecule has 0 bridgehead atoms. The van der Waals surface area contributed by atoms with E-state index in [9.17, 15) is 0 Å². The number of nitrogens with zero attached hydrogens (tertiary/aromatic N) is 4. The Morgan fingerprint density at radius 2 is 1.50 bits per heavy atom. The first kappa shape index (κ1) is 27.8. The topological polar surface area (TPSA) is 81.6 Å². The number of halogens is 1. The van der Waals surface area contributed by atoms with Crippen molar-refractivity contribution in [3.63, 3.8) is 0 Å². The van der Waals surface area contributed by atoms with E-state index in [1.807, 2.05) is 21.3 Å². The Hall–Kier alpha value is -1.22. The summed E-state index contributed by atoms with van der Waals surface area (Å²) < 4.78 is 17.6. The van der Waals surface area contributed by atoms with Crippen LogP contribution in [0.4, 0.5) is 11.9 Å². The van der Waals surface area contributed by atoms with Gasteiger partial charge in [0.05, 0.1) is 18.3 Å². The first-order chi connectivity index (χ1) is 17.5. The number of hydrogen-bond donors (Lipinski definition) is 1. The highest BCUT2D eigenvalue weighted by Gasteiger charge is 2.39. The van der Waals surface area contributed by atoms with Crippen LogP contribution in [0.5, 0.6) is 0 Å². The minimum atomic E-state index is 0.141. The summed E-state index contributed by atoms with van der Waals surface area (Å²) in [5.74, 6) is 2.62. The van der Waals surface area contributed by atoms with E-state index in [0.29, 0.717) is 35.9 Å². The molecule has 36 heavy (non-hydrogen) atoms. The van der Waals surface area contributed by atoms with Crippen LogP contribution in [0.2, 0.25) is 5.28 Å². The fourth-order valence-electron chi connectivity index (χ4n) is 6.58. The van der Waals surface area contributed by atoms with Crippen molar-refractivity contribution in [3.8, 4) is 0 Å². The number of rotatable bonds is 10. The van der Waals surface area contributed by atoms with Gasteiger partial charge in [-0.3, -0.25) is 0 Å². The number of aromatic nitrogens is 3. The maximum Gasteiger partial charge on any atom is 0.231 e. The van der Waals surface area contributed by atoms with Crippen molar-refractivity contribution >= 4 is 23.5 Å². The van der Waals surface area contributed by atoms with Crippen molar-refractivity contribution in [3.05, 3.63) is 5.28 Å². The largest absolute Gasteiger partial charge is 0.381 e. The Bertz CT molecular complexity index is 790. The Balaban J connectivity index is 1.56. The molecular formula is C27H46ClN5O3. The van der Waals surface area contributed by atoms with Gasteiger partial charge >= 0.3 is 0 Å². The van der Waals surface area contributed by atoms with Gasteiger partial charge in [-0.1, -0.05) is 26.2 Å². The maximum atomic E-state index is 6.47. The molecule has 1 aromatic rings. The van der Waals surface area contributed by atoms with Crippen LogP contribution in [0.1, 0.15) is 77.6 Å². The maximum absolute atomic E-state index is 6.47. The molecule has 0 spiro atoms. The molecule has 1 heterocycles. The molecule has 1 N–H and O–H groups in total. The van der Waals surface area contributed by atoms with Crippen LogP contribution < -0.4 is 10.2 Å². The van der Waals surface area contributed by atoms with Gasteiger partial charge in [0.15, 0.2) is 0 Å². The van der Waals surface area contributed by atoms with Crippen LogP contribution in [0.15, 0.2) is 0 Å². The molecule has 0 saturated heterocycles. The average Bonchev–Trinajstić information content (AvgIpc) is 2.89. The molecule has 204 valence electrons. The lowest BCUT2D eigenvalue weighted by Crippen LogP contribution is -2.49. The number of hydrogen-bond acceptors (Lipinski definition) is 8. The second-order valence-electron chi connectivity index (χ2n) is 11.3. The molecule has 0 amide bonds. The minimum Gasteiger partial charge on any atom is -0.381 e. The summed E-state index contributed by atoms with van der Waals surface area (Å²) in [6.07, 6.45) is 13.3. The summed E-state index contributed by atoms with van der Waals surface area (Å²) >= 11 is 6.47. The van der Waals surface area contributed by atoms with E-state index >= 15 is 0 Å². The van der Waals surface area contributed by atoms with Gasteiger partial charge in [-0.2, -0.15) is 15.0 Å². The van der Waals surface area contributed by atoms with Crippen molar-refractivity contribution in [2.24, 2.45) is 17.8 Å². The first-order valence-corrected chi connectivity index (χ1v) is 14.4. The number of methoxy groups -OCH3 is 3. The molecule has 3 saturated carbocycles. The highest BCUT2D eigenvalue weighted by atomic mass is 35.5. The summed E-state index contributed by atoms with van der Waals surface area (Å²) in [5, 5.41) is 3.79. The number of ether oxygens (including phenoxy) is 3. The Labute approximate surface area is 222 Å². The van der Waals surface area contributed by atoms with Crippen molar-refractivity contribution in [1.82, 2.24) is 15.0 Å². The fraction of sp³-hybridized carbons (Fsp3) is 0.889. The van der Waals surface area contributed by atoms with Gasteiger partial charge in [-0.15, -0.1) is 0 Å². The van der Waals surface area contributed by atoms with Crippen LogP contribution in [0.3, 0.4) is 0 Å². The van der Waals surface area contributed by atoms with E-state index in [0.717, 1.165) is 64.5 Å². The number of anilines is 2. The van der Waals surface area contributed by atoms with Gasteiger partial charge in [0.2, 0.25) is 17.2 Å². The molecule has 2 atom stereocenters. The van der Waals surface area contributed by atoms with E-state index in [4.69, 9.17) is 30.8 Å². The predicted octanol–water partition coefficient (Wildman–Crippen LogP) is 5.36. The lowest BCUT2D eigenvalue weighted by atomic mass is 9.77. The van der Waals surface area contributed by atoms with Gasteiger partial charge in [0.1, 0.15) is 0 Å². The highest BCUT2D eigenvalue weighted by Crippen LogP contribution is 2.35. The summed E-state index contributed by atoms with van der Waals surface area (Å²) in [7, 11) is 5.47. The van der Waals surface area contributed by atoms with E-state index in [-0.39, 0.29) is 23.4 Å². The predicted molar refractivity (Wildman–Crippen MR) is 144 cm³/mol. The highest BCUT2D eigenvalue weighted by molar-refractivity contribution is 6.28. The molecule has 4 rings (SSSR count). The van der Waals surface area contributed by atoms with E-state index in [1.165, 1.54) is 19.3 Å². The molecule has 3 aliphatic carbocycles. The van der Waals surface area contributed by atoms with Gasteiger partial charge in [0, 0.05) is 46.4 Å². The van der Waals surface area contributed by atoms with Gasteiger partial charge in [0.25, 0.3) is 0 Å². The van der Waals surface area contributed by atoms with Crippen LogP contribution in [0, 0.1) is 17.8 Å². The summed E-state index contributed by atoms with van der Waals surface area (Å²) in [4.78, 5) is 16.3. The zero-order valence-electron chi connectivity index (χ0n) is 22.6. The Morgan fingerprint density at radius 3 is 2.11 bits per heavy atom. The van der Waals surface area contributed by atoms with Crippen molar-refractivity contribution < 1.29 is 14.2 Å². The number of nitrogens with one attached hydrogen (secondary N) is 1. The molecule has 1 aromatic heterocycles. The molecular weight excluding hydrogens is 478 g/mol. The van der Waals surface area contributed by atoms with Crippen LogP contribution in [-0.2, 0) is 14.2 Å². The van der Waals surface area contributed by atoms with Gasteiger partial charge in [-0.05, 0) is 74.8 Å².